The normalized spacial score (nSPS) is 38.6. The van der Waals surface area contributed by atoms with Crippen LogP contribution >= 0.6 is 0 Å². The van der Waals surface area contributed by atoms with Gasteiger partial charge in [-0.15, -0.1) is 0 Å². The lowest BCUT2D eigenvalue weighted by Gasteiger charge is -2.26. The summed E-state index contributed by atoms with van der Waals surface area (Å²) in [5, 5.41) is 18.9. The van der Waals surface area contributed by atoms with Gasteiger partial charge in [-0.2, -0.15) is 0 Å². The van der Waals surface area contributed by atoms with Gasteiger partial charge in [0, 0.05) is 12.3 Å². The molecule has 8 nitrogen and oxygen atoms in total. The number of H-pyrrole nitrogens is 1. The van der Waals surface area contributed by atoms with Crippen molar-refractivity contribution in [2.75, 3.05) is 6.61 Å². The van der Waals surface area contributed by atoms with E-state index in [4.69, 9.17) is 15.6 Å². The molecule has 106 valence electrons. The van der Waals surface area contributed by atoms with Crippen LogP contribution in [0.4, 0.5) is 4.39 Å². The maximum absolute atomic E-state index is 14.5. The zero-order valence-corrected chi connectivity index (χ0v) is 10.0. The maximum Gasteiger partial charge on any atom is 0.330 e. The number of halogens is 1. The molecule has 1 aromatic heterocycles. The highest BCUT2D eigenvalue weighted by molar-refractivity contribution is 5.06. The van der Waals surface area contributed by atoms with Crippen LogP contribution in [-0.4, -0.2) is 43.9 Å². The number of aromatic nitrogens is 2. The summed E-state index contributed by atoms with van der Waals surface area (Å²) in [5.41, 5.74) is -0.464. The van der Waals surface area contributed by atoms with Crippen LogP contribution in [0.15, 0.2) is 21.9 Å². The van der Waals surface area contributed by atoms with E-state index in [1.807, 2.05) is 4.98 Å². The number of hydrogen-bond donors (Lipinski definition) is 4. The molecule has 9 heteroatoms. The van der Waals surface area contributed by atoms with Crippen LogP contribution in [0, 0.1) is 0 Å². The number of aliphatic hydroxyl groups is 2. The highest BCUT2D eigenvalue weighted by Gasteiger charge is 2.61. The van der Waals surface area contributed by atoms with Crippen molar-refractivity contribution in [2.24, 2.45) is 5.73 Å². The van der Waals surface area contributed by atoms with Gasteiger partial charge in [-0.25, -0.2) is 9.18 Å². The third-order valence-corrected chi connectivity index (χ3v) is 3.16. The SMILES string of the molecule is CC1(F)C(n2ccc(=O)[nH]c2=O)OC(N)(CO)C1O. The Labute approximate surface area is 106 Å². The van der Waals surface area contributed by atoms with E-state index in [2.05, 4.69) is 0 Å². The molecule has 5 N–H and O–H groups in total. The second-order valence-electron chi connectivity index (χ2n) is 4.65. The molecule has 1 aliphatic heterocycles. The lowest BCUT2D eigenvalue weighted by molar-refractivity contribution is -0.126. The minimum Gasteiger partial charge on any atom is -0.392 e. The van der Waals surface area contributed by atoms with Crippen LogP contribution in [0.25, 0.3) is 0 Å². The average molecular weight is 275 g/mol. The van der Waals surface area contributed by atoms with Gasteiger partial charge in [-0.3, -0.25) is 20.1 Å². The van der Waals surface area contributed by atoms with Crippen molar-refractivity contribution in [1.29, 1.82) is 0 Å². The van der Waals surface area contributed by atoms with Gasteiger partial charge in [0.05, 0.1) is 6.61 Å². The van der Waals surface area contributed by atoms with Gasteiger partial charge in [0.1, 0.15) is 6.10 Å². The lowest BCUT2D eigenvalue weighted by Crippen LogP contribution is -2.55. The first-order valence-electron chi connectivity index (χ1n) is 5.48. The van der Waals surface area contributed by atoms with Crippen molar-refractivity contribution in [3.63, 3.8) is 0 Å². The molecule has 0 spiro atoms. The average Bonchev–Trinajstić information content (AvgIpc) is 2.51. The van der Waals surface area contributed by atoms with Crippen molar-refractivity contribution in [1.82, 2.24) is 9.55 Å². The van der Waals surface area contributed by atoms with Crippen molar-refractivity contribution >= 4 is 0 Å². The number of nitrogens with two attached hydrogens (primary N) is 1. The zero-order valence-electron chi connectivity index (χ0n) is 10.0. The Morgan fingerprint density at radius 1 is 1.63 bits per heavy atom. The predicted molar refractivity (Wildman–Crippen MR) is 61.0 cm³/mol. The van der Waals surface area contributed by atoms with Gasteiger partial charge >= 0.3 is 5.69 Å². The fourth-order valence-corrected chi connectivity index (χ4v) is 2.06. The Kier molecular flexibility index (Phi) is 3.09. The minimum atomic E-state index is -2.42. The molecule has 0 radical (unpaired) electrons. The Hall–Kier alpha value is -1.55. The molecule has 1 saturated heterocycles. The molecule has 0 aliphatic carbocycles. The van der Waals surface area contributed by atoms with Crippen LogP contribution in [0.5, 0.6) is 0 Å². The van der Waals surface area contributed by atoms with Gasteiger partial charge in [0.15, 0.2) is 17.6 Å². The first-order valence-corrected chi connectivity index (χ1v) is 5.48. The second kappa shape index (κ2) is 4.23. The zero-order chi connectivity index (χ0) is 14.4. The molecule has 4 unspecified atom stereocenters. The van der Waals surface area contributed by atoms with Crippen LogP contribution in [0.1, 0.15) is 13.2 Å². The Morgan fingerprint density at radius 2 is 2.26 bits per heavy atom. The summed E-state index contributed by atoms with van der Waals surface area (Å²) < 4.78 is 20.3. The predicted octanol–water partition coefficient (Wildman–Crippen LogP) is -2.20. The summed E-state index contributed by atoms with van der Waals surface area (Å²) in [6.45, 7) is 0.159. The summed E-state index contributed by atoms with van der Waals surface area (Å²) >= 11 is 0. The number of hydrogen-bond acceptors (Lipinski definition) is 6. The summed E-state index contributed by atoms with van der Waals surface area (Å²) in [6.07, 6.45) is -2.38. The number of aliphatic hydroxyl groups excluding tert-OH is 2. The molecule has 2 rings (SSSR count). The molecule has 1 aromatic rings. The lowest BCUT2D eigenvalue weighted by atomic mass is 9.95. The van der Waals surface area contributed by atoms with Crippen LogP contribution in [0.2, 0.25) is 0 Å². The summed E-state index contributed by atoms with van der Waals surface area (Å²) in [7, 11) is 0. The number of aromatic amines is 1. The highest BCUT2D eigenvalue weighted by Crippen LogP contribution is 2.43. The Bertz CT molecular complexity index is 597. The van der Waals surface area contributed by atoms with E-state index in [0.29, 0.717) is 0 Å². The number of nitrogens with one attached hydrogen (secondary N) is 1. The van der Waals surface area contributed by atoms with Gasteiger partial charge in [0.25, 0.3) is 5.56 Å². The van der Waals surface area contributed by atoms with Crippen LogP contribution in [0.3, 0.4) is 0 Å². The largest absolute Gasteiger partial charge is 0.392 e. The molecule has 2 heterocycles. The Morgan fingerprint density at radius 3 is 2.74 bits per heavy atom. The van der Waals surface area contributed by atoms with E-state index in [9.17, 15) is 19.1 Å². The first-order chi connectivity index (χ1) is 8.72. The smallest absolute Gasteiger partial charge is 0.330 e. The Balaban J connectivity index is 2.51. The molecule has 1 fully saturated rings. The molecule has 1 aliphatic rings. The second-order valence-corrected chi connectivity index (χ2v) is 4.65. The molecule has 19 heavy (non-hydrogen) atoms. The number of rotatable bonds is 2. The number of alkyl halides is 1. The van der Waals surface area contributed by atoms with Gasteiger partial charge in [-0.1, -0.05) is 0 Å². The van der Waals surface area contributed by atoms with E-state index in [0.717, 1.165) is 23.8 Å². The molecule has 0 amide bonds. The molecular formula is C10H14FN3O5. The fourth-order valence-electron chi connectivity index (χ4n) is 2.06. The van der Waals surface area contributed by atoms with Crippen molar-refractivity contribution in [3.05, 3.63) is 33.1 Å². The third kappa shape index (κ3) is 2.00. The monoisotopic (exact) mass is 275 g/mol. The number of nitrogens with zero attached hydrogens (tertiary/aromatic N) is 1. The summed E-state index contributed by atoms with van der Waals surface area (Å²) in [6, 6.07) is 1.00. The minimum absolute atomic E-state index is 0.651. The fraction of sp³-hybridized carbons (Fsp3) is 0.600. The van der Waals surface area contributed by atoms with Crippen LogP contribution in [-0.2, 0) is 4.74 Å². The molecule has 0 saturated carbocycles. The van der Waals surface area contributed by atoms with Gasteiger partial charge < -0.3 is 14.9 Å². The third-order valence-electron chi connectivity index (χ3n) is 3.16. The van der Waals surface area contributed by atoms with Crippen LogP contribution < -0.4 is 17.0 Å². The summed E-state index contributed by atoms with van der Waals surface area (Å²) in [5.74, 6) is 0. The van der Waals surface area contributed by atoms with E-state index in [1.54, 1.807) is 0 Å². The standard InChI is InChI=1S/C10H14FN3O5/c1-9(11)6(17)10(12,4-15)19-7(9)14-3-2-5(16)13-8(14)18/h2-3,6-7,15,17H,4,12H2,1H3,(H,13,16,18). The topological polar surface area (TPSA) is 131 Å². The molecule has 0 aromatic carbocycles. The van der Waals surface area contributed by atoms with Crippen molar-refractivity contribution in [2.45, 2.75) is 30.6 Å². The molecule has 0 bridgehead atoms. The van der Waals surface area contributed by atoms with E-state index in [-0.39, 0.29) is 0 Å². The van der Waals surface area contributed by atoms with Crippen molar-refractivity contribution in [3.8, 4) is 0 Å². The van der Waals surface area contributed by atoms with Gasteiger partial charge in [-0.05, 0) is 6.92 Å². The van der Waals surface area contributed by atoms with E-state index < -0.39 is 41.6 Å². The highest BCUT2D eigenvalue weighted by atomic mass is 19.1. The molecule has 4 atom stereocenters. The molecular weight excluding hydrogens is 261 g/mol. The first kappa shape index (κ1) is 13.9. The van der Waals surface area contributed by atoms with Crippen molar-refractivity contribution < 1.29 is 19.3 Å². The summed E-state index contributed by atoms with van der Waals surface area (Å²) in [4.78, 5) is 24.5. The van der Waals surface area contributed by atoms with Gasteiger partial charge in [0.2, 0.25) is 0 Å². The number of ether oxygens (including phenoxy) is 1. The maximum atomic E-state index is 14.5. The van der Waals surface area contributed by atoms with E-state index in [1.165, 1.54) is 0 Å². The quantitative estimate of drug-likeness (QED) is 0.484. The van der Waals surface area contributed by atoms with E-state index >= 15 is 0 Å².